The Morgan fingerprint density at radius 2 is 2.03 bits per heavy atom. The SMILES string of the molecule is O=C(NC1CCCc2c1cnn2CCO)c1ccc(=O)n(-c2ccc(F)cc2)n1. The fourth-order valence-corrected chi connectivity index (χ4v) is 3.59. The van der Waals surface area contributed by atoms with Gasteiger partial charge in [0, 0.05) is 17.3 Å². The number of rotatable bonds is 5. The molecular weight excluding hydrogens is 377 g/mol. The predicted molar refractivity (Wildman–Crippen MR) is 102 cm³/mol. The molecule has 0 aliphatic heterocycles. The number of fused-ring (bicyclic) bond motifs is 1. The van der Waals surface area contributed by atoms with E-state index in [9.17, 15) is 14.0 Å². The van der Waals surface area contributed by atoms with Crippen LogP contribution >= 0.6 is 0 Å². The summed E-state index contributed by atoms with van der Waals surface area (Å²) in [6, 6.07) is 7.72. The van der Waals surface area contributed by atoms with Crippen LogP contribution in [0.15, 0.2) is 47.4 Å². The Bertz CT molecular complexity index is 1090. The minimum atomic E-state index is -0.425. The normalized spacial score (nSPS) is 15.7. The second-order valence-electron chi connectivity index (χ2n) is 6.86. The molecule has 9 heteroatoms. The van der Waals surface area contributed by atoms with E-state index in [0.29, 0.717) is 12.2 Å². The Kier molecular flexibility index (Phi) is 5.22. The summed E-state index contributed by atoms with van der Waals surface area (Å²) in [5.74, 6) is -0.834. The third-order valence-electron chi connectivity index (χ3n) is 4.98. The monoisotopic (exact) mass is 397 g/mol. The van der Waals surface area contributed by atoms with Crippen LogP contribution in [-0.4, -0.2) is 37.2 Å². The third kappa shape index (κ3) is 3.81. The summed E-state index contributed by atoms with van der Waals surface area (Å²) in [5.41, 5.74) is 1.99. The molecule has 29 heavy (non-hydrogen) atoms. The van der Waals surface area contributed by atoms with Crippen LogP contribution in [0.4, 0.5) is 4.39 Å². The summed E-state index contributed by atoms with van der Waals surface area (Å²) < 4.78 is 16.0. The van der Waals surface area contributed by atoms with E-state index in [0.717, 1.165) is 35.2 Å². The predicted octanol–water partition coefficient (Wildman–Crippen LogP) is 1.37. The van der Waals surface area contributed by atoms with Gasteiger partial charge in [-0.25, -0.2) is 4.39 Å². The molecule has 4 rings (SSSR count). The molecule has 2 heterocycles. The number of amides is 1. The first-order valence-electron chi connectivity index (χ1n) is 9.39. The van der Waals surface area contributed by atoms with Crippen LogP contribution in [0.25, 0.3) is 5.69 Å². The molecule has 0 saturated carbocycles. The lowest BCUT2D eigenvalue weighted by Gasteiger charge is -2.24. The minimum absolute atomic E-state index is 0.00000466. The van der Waals surface area contributed by atoms with Crippen molar-refractivity contribution in [3.8, 4) is 5.69 Å². The first-order valence-corrected chi connectivity index (χ1v) is 9.39. The molecule has 2 aromatic heterocycles. The average Bonchev–Trinajstić information content (AvgIpc) is 3.13. The summed E-state index contributed by atoms with van der Waals surface area (Å²) in [4.78, 5) is 24.9. The lowest BCUT2D eigenvalue weighted by atomic mass is 9.93. The molecule has 3 aromatic rings. The molecular formula is C20H20FN5O3. The van der Waals surface area contributed by atoms with Crippen molar-refractivity contribution in [1.82, 2.24) is 24.9 Å². The maximum absolute atomic E-state index is 13.1. The first-order chi connectivity index (χ1) is 14.1. The Hall–Kier alpha value is -3.33. The number of hydrogen-bond donors (Lipinski definition) is 2. The number of nitrogens with zero attached hydrogens (tertiary/aromatic N) is 4. The van der Waals surface area contributed by atoms with Gasteiger partial charge in [-0.3, -0.25) is 14.3 Å². The van der Waals surface area contributed by atoms with Gasteiger partial charge in [0.15, 0.2) is 0 Å². The van der Waals surface area contributed by atoms with E-state index >= 15 is 0 Å². The molecule has 1 aliphatic carbocycles. The number of halogens is 1. The van der Waals surface area contributed by atoms with E-state index in [4.69, 9.17) is 5.11 Å². The molecule has 150 valence electrons. The van der Waals surface area contributed by atoms with Crippen molar-refractivity contribution in [2.24, 2.45) is 0 Å². The van der Waals surface area contributed by atoms with Crippen LogP contribution < -0.4 is 10.9 Å². The highest BCUT2D eigenvalue weighted by Crippen LogP contribution is 2.29. The van der Waals surface area contributed by atoms with Gasteiger partial charge in [-0.05, 0) is 49.6 Å². The van der Waals surface area contributed by atoms with E-state index in [2.05, 4.69) is 15.5 Å². The summed E-state index contributed by atoms with van der Waals surface area (Å²) in [6.45, 7) is 0.417. The molecule has 1 aromatic carbocycles. The summed E-state index contributed by atoms with van der Waals surface area (Å²) in [6.07, 6.45) is 4.22. The second-order valence-corrected chi connectivity index (χ2v) is 6.86. The van der Waals surface area contributed by atoms with Crippen molar-refractivity contribution in [2.45, 2.75) is 31.8 Å². The van der Waals surface area contributed by atoms with Gasteiger partial charge >= 0.3 is 0 Å². The van der Waals surface area contributed by atoms with E-state index < -0.39 is 17.3 Å². The maximum atomic E-state index is 13.1. The van der Waals surface area contributed by atoms with E-state index in [-0.39, 0.29) is 18.3 Å². The third-order valence-corrected chi connectivity index (χ3v) is 4.98. The lowest BCUT2D eigenvalue weighted by molar-refractivity contribution is 0.0925. The largest absolute Gasteiger partial charge is 0.394 e. The number of carbonyl (C=O) groups is 1. The molecule has 0 radical (unpaired) electrons. The van der Waals surface area contributed by atoms with Crippen LogP contribution in [0.2, 0.25) is 0 Å². The number of hydrogen-bond acceptors (Lipinski definition) is 5. The van der Waals surface area contributed by atoms with Gasteiger partial charge < -0.3 is 10.4 Å². The number of benzene rings is 1. The number of carbonyl (C=O) groups excluding carboxylic acids is 1. The summed E-state index contributed by atoms with van der Waals surface area (Å²) in [7, 11) is 0. The van der Waals surface area contributed by atoms with Crippen molar-refractivity contribution in [3.05, 3.63) is 75.7 Å². The van der Waals surface area contributed by atoms with Crippen LogP contribution in [-0.2, 0) is 13.0 Å². The van der Waals surface area contributed by atoms with Gasteiger partial charge in [-0.2, -0.15) is 14.9 Å². The topological polar surface area (TPSA) is 102 Å². The number of nitrogens with one attached hydrogen (secondary N) is 1. The molecule has 1 atom stereocenters. The van der Waals surface area contributed by atoms with Gasteiger partial charge in [-0.15, -0.1) is 0 Å². The summed E-state index contributed by atoms with van der Waals surface area (Å²) in [5, 5.41) is 20.6. The van der Waals surface area contributed by atoms with Crippen molar-refractivity contribution >= 4 is 5.91 Å². The molecule has 0 fully saturated rings. The Labute approximate surface area is 165 Å². The van der Waals surface area contributed by atoms with E-state index in [1.54, 1.807) is 10.9 Å². The van der Waals surface area contributed by atoms with Crippen LogP contribution in [0.3, 0.4) is 0 Å². The zero-order valence-corrected chi connectivity index (χ0v) is 15.6. The van der Waals surface area contributed by atoms with Crippen LogP contribution in [0.1, 0.15) is 40.6 Å². The smallest absolute Gasteiger partial charge is 0.272 e. The highest BCUT2D eigenvalue weighted by atomic mass is 19.1. The average molecular weight is 397 g/mol. The Morgan fingerprint density at radius 3 is 2.79 bits per heavy atom. The molecule has 1 aliphatic rings. The highest BCUT2D eigenvalue weighted by molar-refractivity contribution is 5.92. The number of aromatic nitrogens is 4. The van der Waals surface area contributed by atoms with Gasteiger partial charge in [-0.1, -0.05) is 0 Å². The van der Waals surface area contributed by atoms with Gasteiger partial charge in [0.1, 0.15) is 11.5 Å². The molecule has 0 saturated heterocycles. The highest BCUT2D eigenvalue weighted by Gasteiger charge is 2.26. The molecule has 0 bridgehead atoms. The van der Waals surface area contributed by atoms with Gasteiger partial charge in [0.2, 0.25) is 0 Å². The van der Waals surface area contributed by atoms with Crippen molar-refractivity contribution < 1.29 is 14.3 Å². The molecule has 2 N–H and O–H groups in total. The van der Waals surface area contributed by atoms with Crippen molar-refractivity contribution in [3.63, 3.8) is 0 Å². The van der Waals surface area contributed by atoms with Crippen LogP contribution in [0, 0.1) is 5.82 Å². The Morgan fingerprint density at radius 1 is 1.24 bits per heavy atom. The van der Waals surface area contributed by atoms with Crippen molar-refractivity contribution in [2.75, 3.05) is 6.61 Å². The number of aliphatic hydroxyl groups is 1. The maximum Gasteiger partial charge on any atom is 0.272 e. The molecule has 0 spiro atoms. The fraction of sp³-hybridized carbons (Fsp3) is 0.300. The van der Waals surface area contributed by atoms with Crippen molar-refractivity contribution in [1.29, 1.82) is 0 Å². The van der Waals surface area contributed by atoms with Gasteiger partial charge in [0.05, 0.1) is 31.1 Å². The van der Waals surface area contributed by atoms with E-state index in [1.165, 1.54) is 36.4 Å². The zero-order valence-electron chi connectivity index (χ0n) is 15.6. The number of aliphatic hydroxyl groups excluding tert-OH is 1. The standard InChI is InChI=1S/C20H20FN5O3/c21-13-4-6-14(7-5-13)26-19(28)9-8-17(24-26)20(29)23-16-2-1-3-18-15(16)12-22-25(18)10-11-27/h4-9,12,16,27H,1-3,10-11H2,(H,23,29). The van der Waals surface area contributed by atoms with E-state index in [1.807, 2.05) is 0 Å². The molecule has 1 amide bonds. The quantitative estimate of drug-likeness (QED) is 0.677. The fourth-order valence-electron chi connectivity index (χ4n) is 3.59. The zero-order chi connectivity index (χ0) is 20.4. The lowest BCUT2D eigenvalue weighted by Crippen LogP contribution is -2.33. The minimum Gasteiger partial charge on any atom is -0.394 e. The Balaban J connectivity index is 1.58. The van der Waals surface area contributed by atoms with Gasteiger partial charge in [0.25, 0.3) is 11.5 Å². The molecule has 8 nitrogen and oxygen atoms in total. The second kappa shape index (κ2) is 7.96. The van der Waals surface area contributed by atoms with Crippen LogP contribution in [0.5, 0.6) is 0 Å². The summed E-state index contributed by atoms with van der Waals surface area (Å²) >= 11 is 0. The molecule has 1 unspecified atom stereocenters. The first kappa shape index (κ1) is 19.0.